The molecular weight excluding hydrogens is 234 g/mol. The second kappa shape index (κ2) is 5.44. The van der Waals surface area contributed by atoms with Gasteiger partial charge in [-0.15, -0.1) is 0 Å². The van der Waals surface area contributed by atoms with Gasteiger partial charge < -0.3 is 15.8 Å². The monoisotopic (exact) mass is 251 g/mol. The number of nitrogens with zero attached hydrogens (tertiary/aromatic N) is 4. The predicted molar refractivity (Wildman–Crippen MR) is 66.5 cm³/mol. The number of likely N-dealkylation sites (N-methyl/N-ethyl adjacent to an activating group) is 1. The molecule has 0 fully saturated rings. The van der Waals surface area contributed by atoms with Crippen LogP contribution in [0.1, 0.15) is 28.7 Å². The van der Waals surface area contributed by atoms with Crippen LogP contribution in [-0.4, -0.2) is 45.1 Å². The molecule has 1 heterocycles. The van der Waals surface area contributed by atoms with Crippen molar-refractivity contribution in [2.45, 2.75) is 26.8 Å². The van der Waals surface area contributed by atoms with E-state index in [4.69, 9.17) is 10.9 Å². The van der Waals surface area contributed by atoms with E-state index in [9.17, 15) is 4.79 Å². The van der Waals surface area contributed by atoms with Crippen molar-refractivity contribution in [2.24, 2.45) is 10.9 Å². The number of carbonyl (C=O) groups excluding carboxylic acids is 1. The van der Waals surface area contributed by atoms with Gasteiger partial charge in [-0.2, -0.15) is 10.2 Å². The SMILES string of the molecule is Cc1cc(C(=O)N(C)C(C)/C(N)=N/O)c(C)nn1. The fourth-order valence-electron chi connectivity index (χ4n) is 1.41. The molecule has 0 bridgehead atoms. The van der Waals surface area contributed by atoms with E-state index < -0.39 is 6.04 Å². The van der Waals surface area contributed by atoms with E-state index in [0.717, 1.165) is 0 Å². The quantitative estimate of drug-likeness (QED) is 0.348. The number of aryl methyl sites for hydroxylation is 2. The molecule has 18 heavy (non-hydrogen) atoms. The van der Waals surface area contributed by atoms with Gasteiger partial charge in [0.25, 0.3) is 5.91 Å². The molecule has 98 valence electrons. The van der Waals surface area contributed by atoms with Crippen LogP contribution in [0.5, 0.6) is 0 Å². The Morgan fingerprint density at radius 1 is 1.50 bits per heavy atom. The zero-order valence-corrected chi connectivity index (χ0v) is 10.9. The van der Waals surface area contributed by atoms with Gasteiger partial charge in [-0.25, -0.2) is 0 Å². The maximum absolute atomic E-state index is 12.2. The molecule has 0 saturated carbocycles. The summed E-state index contributed by atoms with van der Waals surface area (Å²) < 4.78 is 0. The molecule has 0 aromatic carbocycles. The minimum Gasteiger partial charge on any atom is -0.409 e. The topological polar surface area (TPSA) is 105 Å². The lowest BCUT2D eigenvalue weighted by Crippen LogP contribution is -2.44. The van der Waals surface area contributed by atoms with Crippen LogP contribution in [0.2, 0.25) is 0 Å². The van der Waals surface area contributed by atoms with Crippen LogP contribution in [0.25, 0.3) is 0 Å². The van der Waals surface area contributed by atoms with Crippen molar-refractivity contribution in [3.05, 3.63) is 23.0 Å². The average molecular weight is 251 g/mol. The molecule has 3 N–H and O–H groups in total. The minimum atomic E-state index is -0.504. The van der Waals surface area contributed by atoms with E-state index in [1.165, 1.54) is 4.90 Å². The van der Waals surface area contributed by atoms with Crippen molar-refractivity contribution in [3.8, 4) is 0 Å². The molecule has 1 rings (SSSR count). The Morgan fingerprint density at radius 3 is 2.67 bits per heavy atom. The molecule has 0 radical (unpaired) electrons. The van der Waals surface area contributed by atoms with Crippen LogP contribution in [0.4, 0.5) is 0 Å². The summed E-state index contributed by atoms with van der Waals surface area (Å²) in [5.41, 5.74) is 7.15. The molecule has 1 amide bonds. The van der Waals surface area contributed by atoms with Crippen LogP contribution in [0.3, 0.4) is 0 Å². The highest BCUT2D eigenvalue weighted by molar-refractivity contribution is 5.98. The number of hydrogen-bond acceptors (Lipinski definition) is 5. The van der Waals surface area contributed by atoms with E-state index in [1.807, 2.05) is 0 Å². The van der Waals surface area contributed by atoms with Crippen LogP contribution in [0, 0.1) is 13.8 Å². The normalized spacial score (nSPS) is 13.2. The van der Waals surface area contributed by atoms with Gasteiger partial charge in [-0.3, -0.25) is 4.79 Å². The number of carbonyl (C=O) groups is 1. The fraction of sp³-hybridized carbons (Fsp3) is 0.455. The summed E-state index contributed by atoms with van der Waals surface area (Å²) in [6.45, 7) is 5.14. The number of oxime groups is 1. The van der Waals surface area contributed by atoms with Gasteiger partial charge in [-0.1, -0.05) is 5.16 Å². The molecule has 1 unspecified atom stereocenters. The Kier molecular flexibility index (Phi) is 4.19. The van der Waals surface area contributed by atoms with E-state index in [1.54, 1.807) is 33.9 Å². The number of rotatable bonds is 3. The van der Waals surface area contributed by atoms with Crippen LogP contribution in [0.15, 0.2) is 11.2 Å². The first-order valence-electron chi connectivity index (χ1n) is 5.44. The number of aromatic nitrogens is 2. The standard InChI is InChI=1S/C11H17N5O2/c1-6-5-9(7(2)14-13-6)11(17)16(4)8(3)10(12)15-18/h5,8,18H,1-4H3,(H2,12,15). The maximum atomic E-state index is 12.2. The summed E-state index contributed by atoms with van der Waals surface area (Å²) >= 11 is 0. The molecule has 7 nitrogen and oxygen atoms in total. The number of amidine groups is 1. The molecule has 1 aromatic rings. The highest BCUT2D eigenvalue weighted by Gasteiger charge is 2.22. The molecular formula is C11H17N5O2. The first-order chi connectivity index (χ1) is 8.38. The van der Waals surface area contributed by atoms with Gasteiger partial charge >= 0.3 is 0 Å². The van der Waals surface area contributed by atoms with Gasteiger partial charge in [0, 0.05) is 7.05 Å². The van der Waals surface area contributed by atoms with Gasteiger partial charge in [0.05, 0.1) is 23.0 Å². The first-order valence-corrected chi connectivity index (χ1v) is 5.44. The third kappa shape index (κ3) is 2.73. The summed E-state index contributed by atoms with van der Waals surface area (Å²) in [6.07, 6.45) is 0. The summed E-state index contributed by atoms with van der Waals surface area (Å²) in [5.74, 6) is -0.271. The van der Waals surface area contributed by atoms with Crippen molar-refractivity contribution < 1.29 is 10.0 Å². The number of hydrogen-bond donors (Lipinski definition) is 2. The predicted octanol–water partition coefficient (Wildman–Crippen LogP) is 0.300. The van der Waals surface area contributed by atoms with Gasteiger partial charge in [0.15, 0.2) is 5.84 Å². The Labute approximate surface area is 105 Å². The van der Waals surface area contributed by atoms with Crippen LogP contribution < -0.4 is 5.73 Å². The molecule has 7 heteroatoms. The Bertz CT molecular complexity index is 486. The van der Waals surface area contributed by atoms with Crippen molar-refractivity contribution in [1.82, 2.24) is 15.1 Å². The molecule has 0 aliphatic heterocycles. The van der Waals surface area contributed by atoms with E-state index >= 15 is 0 Å². The lowest BCUT2D eigenvalue weighted by atomic mass is 10.1. The maximum Gasteiger partial charge on any atom is 0.256 e. The lowest BCUT2D eigenvalue weighted by molar-refractivity contribution is 0.0774. The number of amides is 1. The summed E-state index contributed by atoms with van der Waals surface area (Å²) in [7, 11) is 1.58. The third-order valence-electron chi connectivity index (χ3n) is 2.78. The van der Waals surface area contributed by atoms with Crippen molar-refractivity contribution in [2.75, 3.05) is 7.05 Å². The van der Waals surface area contributed by atoms with Crippen molar-refractivity contribution in [1.29, 1.82) is 0 Å². The second-order valence-corrected chi connectivity index (χ2v) is 4.10. The average Bonchev–Trinajstić information content (AvgIpc) is 2.38. The third-order valence-corrected chi connectivity index (χ3v) is 2.78. The highest BCUT2D eigenvalue weighted by Crippen LogP contribution is 2.10. The summed E-state index contributed by atoms with van der Waals surface area (Å²) in [5, 5.41) is 19.3. The molecule has 0 saturated heterocycles. The Balaban J connectivity index is 3.03. The molecule has 0 aliphatic rings. The minimum absolute atomic E-state index is 0.0257. The summed E-state index contributed by atoms with van der Waals surface area (Å²) in [6, 6.07) is 1.16. The van der Waals surface area contributed by atoms with E-state index in [0.29, 0.717) is 17.0 Å². The Hall–Kier alpha value is -2.18. The van der Waals surface area contributed by atoms with E-state index in [-0.39, 0.29) is 11.7 Å². The molecule has 0 aliphatic carbocycles. The van der Waals surface area contributed by atoms with Crippen LogP contribution >= 0.6 is 0 Å². The van der Waals surface area contributed by atoms with Crippen LogP contribution in [-0.2, 0) is 0 Å². The Morgan fingerprint density at radius 2 is 2.11 bits per heavy atom. The largest absolute Gasteiger partial charge is 0.409 e. The zero-order valence-electron chi connectivity index (χ0n) is 10.9. The highest BCUT2D eigenvalue weighted by atomic mass is 16.4. The molecule has 0 spiro atoms. The lowest BCUT2D eigenvalue weighted by Gasteiger charge is -2.24. The van der Waals surface area contributed by atoms with Crippen molar-refractivity contribution in [3.63, 3.8) is 0 Å². The van der Waals surface area contributed by atoms with Crippen molar-refractivity contribution >= 4 is 11.7 Å². The van der Waals surface area contributed by atoms with E-state index in [2.05, 4.69) is 15.4 Å². The zero-order chi connectivity index (χ0) is 13.9. The number of nitrogens with two attached hydrogens (primary N) is 1. The molecule has 1 aromatic heterocycles. The first kappa shape index (κ1) is 13.9. The fourth-order valence-corrected chi connectivity index (χ4v) is 1.41. The summed E-state index contributed by atoms with van der Waals surface area (Å²) in [4.78, 5) is 13.6. The van der Waals surface area contributed by atoms with Gasteiger partial charge in [0.2, 0.25) is 0 Å². The van der Waals surface area contributed by atoms with Gasteiger partial charge in [-0.05, 0) is 26.8 Å². The smallest absolute Gasteiger partial charge is 0.256 e. The molecule has 1 atom stereocenters. The van der Waals surface area contributed by atoms with Gasteiger partial charge in [0.1, 0.15) is 0 Å². The second-order valence-electron chi connectivity index (χ2n) is 4.10.